The highest BCUT2D eigenvalue weighted by Gasteiger charge is 2.34. The number of ether oxygens (including phenoxy) is 1. The second-order valence-corrected chi connectivity index (χ2v) is 5.86. The smallest absolute Gasteiger partial charge is 0.191 e. The molecular weight excluding hydrogens is 242 g/mol. The van der Waals surface area contributed by atoms with Gasteiger partial charge in [-0.3, -0.25) is 0 Å². The number of hydrogen-bond acceptors (Lipinski definition) is 1. The summed E-state index contributed by atoms with van der Waals surface area (Å²) in [6.45, 7) is 1.35. The van der Waals surface area contributed by atoms with Crippen molar-refractivity contribution in [1.29, 1.82) is 0 Å². The molecule has 1 fully saturated rings. The number of halogens is 4. The normalized spacial score (nSPS) is 31.0. The first kappa shape index (κ1) is 11.2. The Labute approximate surface area is 92.2 Å². The SMILES string of the molecule is ClC[C@@H]1COC[C@@H]1CC(Cl)(Cl)Cl. The summed E-state index contributed by atoms with van der Waals surface area (Å²) in [5, 5.41) is 0. The maximum absolute atomic E-state index is 5.72. The lowest BCUT2D eigenvalue weighted by molar-refractivity contribution is 0.181. The van der Waals surface area contributed by atoms with Crippen LogP contribution in [0.4, 0.5) is 0 Å². The van der Waals surface area contributed by atoms with Gasteiger partial charge < -0.3 is 4.74 Å². The van der Waals surface area contributed by atoms with Crippen molar-refractivity contribution in [3.05, 3.63) is 0 Å². The van der Waals surface area contributed by atoms with Gasteiger partial charge in [-0.05, 0) is 12.3 Å². The van der Waals surface area contributed by atoms with E-state index in [-0.39, 0.29) is 5.92 Å². The molecule has 0 aliphatic carbocycles. The van der Waals surface area contributed by atoms with E-state index in [1.165, 1.54) is 0 Å². The van der Waals surface area contributed by atoms with Crippen LogP contribution >= 0.6 is 46.4 Å². The summed E-state index contributed by atoms with van der Waals surface area (Å²) < 4.78 is 4.07. The van der Waals surface area contributed by atoms with E-state index in [0.29, 0.717) is 31.4 Å². The molecule has 2 atom stereocenters. The van der Waals surface area contributed by atoms with Crippen LogP contribution in [0.25, 0.3) is 0 Å². The van der Waals surface area contributed by atoms with E-state index in [1.54, 1.807) is 0 Å². The van der Waals surface area contributed by atoms with E-state index >= 15 is 0 Å². The van der Waals surface area contributed by atoms with E-state index in [0.717, 1.165) is 0 Å². The van der Waals surface area contributed by atoms with Crippen LogP contribution in [0.5, 0.6) is 0 Å². The zero-order valence-electron chi connectivity index (χ0n) is 6.40. The molecule has 0 radical (unpaired) electrons. The predicted octanol–water partition coefficient (Wildman–Crippen LogP) is 3.25. The Balaban J connectivity index is 2.41. The first-order valence-corrected chi connectivity index (χ1v) is 5.40. The van der Waals surface area contributed by atoms with Crippen molar-refractivity contribution < 1.29 is 4.74 Å². The first-order valence-electron chi connectivity index (χ1n) is 3.73. The molecule has 1 heterocycles. The molecule has 1 aliphatic rings. The lowest BCUT2D eigenvalue weighted by Gasteiger charge is -2.19. The molecule has 0 amide bonds. The average molecular weight is 252 g/mol. The summed E-state index contributed by atoms with van der Waals surface area (Å²) in [6, 6.07) is 0. The van der Waals surface area contributed by atoms with Crippen molar-refractivity contribution in [3.8, 4) is 0 Å². The molecule has 0 spiro atoms. The number of rotatable bonds is 2. The fourth-order valence-electron chi connectivity index (χ4n) is 1.34. The Hall–Kier alpha value is 1.12. The van der Waals surface area contributed by atoms with Crippen molar-refractivity contribution >= 4 is 46.4 Å². The Bertz CT molecular complexity index is 145. The highest BCUT2D eigenvalue weighted by molar-refractivity contribution is 6.67. The van der Waals surface area contributed by atoms with Crippen molar-refractivity contribution in [2.24, 2.45) is 11.8 Å². The molecule has 5 heteroatoms. The quantitative estimate of drug-likeness (QED) is 0.685. The first-order chi connectivity index (χ1) is 5.53. The summed E-state index contributed by atoms with van der Waals surface area (Å²) in [6.07, 6.45) is 0.523. The summed E-state index contributed by atoms with van der Waals surface area (Å²) in [5.74, 6) is 1.20. The van der Waals surface area contributed by atoms with Crippen LogP contribution in [0.2, 0.25) is 0 Å². The van der Waals surface area contributed by atoms with Crippen molar-refractivity contribution in [2.75, 3.05) is 19.1 Å². The molecule has 0 aromatic rings. The summed E-state index contributed by atoms with van der Waals surface area (Å²) in [7, 11) is 0. The Morgan fingerprint density at radius 1 is 1.17 bits per heavy atom. The molecule has 0 bridgehead atoms. The molecule has 12 heavy (non-hydrogen) atoms. The van der Waals surface area contributed by atoms with E-state index in [4.69, 9.17) is 51.1 Å². The fourth-order valence-corrected chi connectivity index (χ4v) is 2.27. The predicted molar refractivity (Wildman–Crippen MR) is 53.4 cm³/mol. The summed E-state index contributed by atoms with van der Waals surface area (Å²) >= 11 is 22.7. The van der Waals surface area contributed by atoms with Crippen LogP contribution in [0, 0.1) is 11.8 Å². The standard InChI is InChI=1S/C7H10Cl4O/c8-2-6-4-12-3-5(6)1-7(9,10)11/h5-6H,1-4H2/t5-,6+/m0/s1. The molecule has 1 nitrogen and oxygen atoms in total. The van der Waals surface area contributed by atoms with Gasteiger partial charge in [-0.15, -0.1) is 11.6 Å². The molecule has 0 saturated carbocycles. The van der Waals surface area contributed by atoms with Gasteiger partial charge in [0.05, 0.1) is 6.61 Å². The zero-order chi connectivity index (χ0) is 9.19. The second kappa shape index (κ2) is 4.56. The molecule has 1 saturated heterocycles. The topological polar surface area (TPSA) is 9.23 Å². The third kappa shape index (κ3) is 3.47. The average Bonchev–Trinajstić information content (AvgIpc) is 2.31. The summed E-state index contributed by atoms with van der Waals surface area (Å²) in [5.41, 5.74) is 0. The molecule has 0 N–H and O–H groups in total. The van der Waals surface area contributed by atoms with Crippen LogP contribution < -0.4 is 0 Å². The molecule has 0 aromatic carbocycles. The van der Waals surface area contributed by atoms with Crippen LogP contribution in [0.15, 0.2) is 0 Å². The third-order valence-electron chi connectivity index (χ3n) is 2.02. The Morgan fingerprint density at radius 2 is 1.75 bits per heavy atom. The van der Waals surface area contributed by atoms with Gasteiger partial charge in [-0.2, -0.15) is 0 Å². The molecule has 0 unspecified atom stereocenters. The van der Waals surface area contributed by atoms with Crippen molar-refractivity contribution in [3.63, 3.8) is 0 Å². The highest BCUT2D eigenvalue weighted by Crippen LogP contribution is 2.38. The fraction of sp³-hybridized carbons (Fsp3) is 1.00. The third-order valence-corrected chi connectivity index (χ3v) is 2.88. The highest BCUT2D eigenvalue weighted by atomic mass is 35.6. The summed E-state index contributed by atoms with van der Waals surface area (Å²) in [4.78, 5) is 0. The van der Waals surface area contributed by atoms with Crippen LogP contribution in [0.3, 0.4) is 0 Å². The molecule has 72 valence electrons. The van der Waals surface area contributed by atoms with Gasteiger partial charge in [0.25, 0.3) is 0 Å². The monoisotopic (exact) mass is 250 g/mol. The maximum atomic E-state index is 5.72. The maximum Gasteiger partial charge on any atom is 0.191 e. The van der Waals surface area contributed by atoms with Gasteiger partial charge in [-0.25, -0.2) is 0 Å². The van der Waals surface area contributed by atoms with E-state index in [1.807, 2.05) is 0 Å². The van der Waals surface area contributed by atoms with Gasteiger partial charge in [0.2, 0.25) is 0 Å². The Morgan fingerprint density at radius 3 is 2.25 bits per heavy atom. The minimum Gasteiger partial charge on any atom is -0.381 e. The van der Waals surface area contributed by atoms with Crippen LogP contribution in [-0.2, 0) is 4.74 Å². The van der Waals surface area contributed by atoms with Crippen molar-refractivity contribution in [1.82, 2.24) is 0 Å². The van der Waals surface area contributed by atoms with Crippen LogP contribution in [-0.4, -0.2) is 22.9 Å². The van der Waals surface area contributed by atoms with E-state index in [9.17, 15) is 0 Å². The van der Waals surface area contributed by atoms with Gasteiger partial charge in [0, 0.05) is 18.4 Å². The minimum atomic E-state index is -1.18. The minimum absolute atomic E-state index is 0.287. The lowest BCUT2D eigenvalue weighted by atomic mass is 9.95. The Kier molecular flexibility index (Phi) is 4.26. The molecule has 1 rings (SSSR count). The molecule has 0 aromatic heterocycles. The lowest BCUT2D eigenvalue weighted by Crippen LogP contribution is -2.20. The number of alkyl halides is 4. The number of hydrogen-bond donors (Lipinski definition) is 0. The molecular formula is C7H10Cl4O. The van der Waals surface area contributed by atoms with Gasteiger partial charge in [-0.1, -0.05) is 34.8 Å². The zero-order valence-corrected chi connectivity index (χ0v) is 9.43. The largest absolute Gasteiger partial charge is 0.381 e. The van der Waals surface area contributed by atoms with E-state index < -0.39 is 3.79 Å². The van der Waals surface area contributed by atoms with Crippen LogP contribution in [0.1, 0.15) is 6.42 Å². The van der Waals surface area contributed by atoms with Gasteiger partial charge >= 0.3 is 0 Å². The van der Waals surface area contributed by atoms with Gasteiger partial charge in [0.1, 0.15) is 0 Å². The molecule has 1 aliphatic heterocycles. The second-order valence-electron chi connectivity index (χ2n) is 3.03. The van der Waals surface area contributed by atoms with Crippen molar-refractivity contribution in [2.45, 2.75) is 10.2 Å². The van der Waals surface area contributed by atoms with Gasteiger partial charge in [0.15, 0.2) is 3.79 Å². The van der Waals surface area contributed by atoms with E-state index in [2.05, 4.69) is 0 Å².